The summed E-state index contributed by atoms with van der Waals surface area (Å²) >= 11 is 0. The molecule has 0 spiro atoms. The fraction of sp³-hybridized carbons (Fsp3) is 0.440. The number of hydrogen-bond donors (Lipinski definition) is 2. The molecule has 2 nitrogen and oxygen atoms in total. The molecule has 0 unspecified atom stereocenters. The van der Waals surface area contributed by atoms with E-state index < -0.39 is 5.60 Å². The van der Waals surface area contributed by atoms with Crippen molar-refractivity contribution < 1.29 is 10.0 Å². The normalized spacial score (nSPS) is 11.3. The van der Waals surface area contributed by atoms with Crippen LogP contribution in [0.1, 0.15) is 57.1 Å². The van der Waals surface area contributed by atoms with Crippen LogP contribution in [0, 0.1) is 11.8 Å². The lowest BCUT2D eigenvalue weighted by Crippen LogP contribution is -3.12. The van der Waals surface area contributed by atoms with Crippen LogP contribution in [0.15, 0.2) is 60.7 Å². The molecule has 0 amide bonds. The minimum absolute atomic E-state index is 0.413. The molecule has 2 N–H and O–H groups in total. The van der Waals surface area contributed by atoms with Gasteiger partial charge in [0.15, 0.2) is 0 Å². The first-order chi connectivity index (χ1) is 13.2. The SMILES string of the molecule is CCCC[NH+](CC#CCC(O)(c1ccccc1)c1ccccc1)CCCC. The molecule has 0 atom stereocenters. The van der Waals surface area contributed by atoms with Crippen LogP contribution in [0.4, 0.5) is 0 Å². The molecule has 0 radical (unpaired) electrons. The van der Waals surface area contributed by atoms with E-state index in [0.717, 1.165) is 17.7 Å². The smallest absolute Gasteiger partial charge is 0.139 e. The Morgan fingerprint density at radius 1 is 0.778 bits per heavy atom. The third kappa shape index (κ3) is 6.54. The highest BCUT2D eigenvalue weighted by molar-refractivity contribution is 5.37. The first-order valence-electron chi connectivity index (χ1n) is 10.3. The lowest BCUT2D eigenvalue weighted by Gasteiger charge is -2.27. The zero-order valence-corrected chi connectivity index (χ0v) is 16.9. The van der Waals surface area contributed by atoms with E-state index in [-0.39, 0.29) is 0 Å². The highest BCUT2D eigenvalue weighted by Crippen LogP contribution is 2.32. The van der Waals surface area contributed by atoms with Crippen molar-refractivity contribution in [2.45, 2.75) is 51.6 Å². The van der Waals surface area contributed by atoms with Crippen LogP contribution in [-0.4, -0.2) is 24.7 Å². The zero-order chi connectivity index (χ0) is 19.4. The van der Waals surface area contributed by atoms with Crippen molar-refractivity contribution in [2.75, 3.05) is 19.6 Å². The highest BCUT2D eigenvalue weighted by Gasteiger charge is 2.30. The monoisotopic (exact) mass is 364 g/mol. The molecule has 0 aliphatic heterocycles. The van der Waals surface area contributed by atoms with E-state index >= 15 is 0 Å². The van der Waals surface area contributed by atoms with Crippen molar-refractivity contribution in [3.8, 4) is 11.8 Å². The first kappa shape index (κ1) is 21.2. The topological polar surface area (TPSA) is 24.7 Å². The number of unbranched alkanes of at least 4 members (excludes halogenated alkanes) is 2. The Bertz CT molecular complexity index is 652. The van der Waals surface area contributed by atoms with Crippen LogP contribution in [0.2, 0.25) is 0 Å². The molecule has 2 aromatic carbocycles. The molecule has 0 heterocycles. The molecule has 144 valence electrons. The molecule has 2 rings (SSSR count). The van der Waals surface area contributed by atoms with Gasteiger partial charge in [-0.25, -0.2) is 0 Å². The van der Waals surface area contributed by atoms with Crippen molar-refractivity contribution in [2.24, 2.45) is 0 Å². The average molecular weight is 365 g/mol. The third-order valence-electron chi connectivity index (χ3n) is 5.08. The summed E-state index contributed by atoms with van der Waals surface area (Å²) in [4.78, 5) is 1.56. The second kappa shape index (κ2) is 11.6. The molecular formula is C25H34NO+. The summed E-state index contributed by atoms with van der Waals surface area (Å²) in [6.07, 6.45) is 5.36. The van der Waals surface area contributed by atoms with Gasteiger partial charge in [-0.05, 0) is 29.9 Å². The van der Waals surface area contributed by atoms with Crippen molar-refractivity contribution >= 4 is 0 Å². The van der Waals surface area contributed by atoms with Crippen LogP contribution in [0.25, 0.3) is 0 Å². The Hall–Kier alpha value is -2.08. The summed E-state index contributed by atoms with van der Waals surface area (Å²) in [5.41, 5.74) is 0.723. The number of aliphatic hydroxyl groups is 1. The maximum absolute atomic E-state index is 11.5. The van der Waals surface area contributed by atoms with Gasteiger partial charge in [-0.2, -0.15) is 0 Å². The minimum atomic E-state index is -1.07. The summed E-state index contributed by atoms with van der Waals surface area (Å²) in [6.45, 7) is 7.71. The van der Waals surface area contributed by atoms with E-state index in [1.165, 1.54) is 38.8 Å². The Balaban J connectivity index is 2.12. The third-order valence-corrected chi connectivity index (χ3v) is 5.08. The summed E-state index contributed by atoms with van der Waals surface area (Å²) in [6, 6.07) is 19.8. The molecule has 0 aliphatic carbocycles. The Morgan fingerprint density at radius 3 is 1.70 bits per heavy atom. The van der Waals surface area contributed by atoms with Crippen LogP contribution in [-0.2, 0) is 5.60 Å². The van der Waals surface area contributed by atoms with Gasteiger partial charge in [0.1, 0.15) is 12.1 Å². The lowest BCUT2D eigenvalue weighted by molar-refractivity contribution is -0.893. The summed E-state index contributed by atoms with van der Waals surface area (Å²) in [7, 11) is 0. The molecule has 2 aromatic rings. The second-order valence-electron chi connectivity index (χ2n) is 7.26. The number of rotatable bonds is 10. The van der Waals surface area contributed by atoms with Crippen LogP contribution in [0.5, 0.6) is 0 Å². The molecule has 0 saturated heterocycles. The zero-order valence-electron chi connectivity index (χ0n) is 16.9. The average Bonchev–Trinajstić information content (AvgIpc) is 2.73. The van der Waals surface area contributed by atoms with Gasteiger partial charge in [-0.15, -0.1) is 0 Å². The Morgan fingerprint density at radius 2 is 1.26 bits per heavy atom. The molecule has 27 heavy (non-hydrogen) atoms. The van der Waals surface area contributed by atoms with Gasteiger partial charge in [0.25, 0.3) is 0 Å². The minimum Gasteiger partial charge on any atom is -0.379 e. The van der Waals surface area contributed by atoms with E-state index in [4.69, 9.17) is 0 Å². The number of hydrogen-bond acceptors (Lipinski definition) is 1. The van der Waals surface area contributed by atoms with Crippen molar-refractivity contribution in [1.29, 1.82) is 0 Å². The molecule has 0 saturated carbocycles. The lowest BCUT2D eigenvalue weighted by atomic mass is 9.84. The van der Waals surface area contributed by atoms with Gasteiger partial charge in [0, 0.05) is 6.42 Å². The Labute approximate surface area is 165 Å². The summed E-state index contributed by atoms with van der Waals surface area (Å²) in [5.74, 6) is 6.64. The maximum atomic E-state index is 11.5. The van der Waals surface area contributed by atoms with E-state index in [9.17, 15) is 5.11 Å². The van der Waals surface area contributed by atoms with Gasteiger partial charge < -0.3 is 10.0 Å². The van der Waals surface area contributed by atoms with Gasteiger partial charge in [-0.3, -0.25) is 0 Å². The van der Waals surface area contributed by atoms with Crippen molar-refractivity contribution in [3.63, 3.8) is 0 Å². The molecule has 0 aliphatic rings. The van der Waals surface area contributed by atoms with Crippen molar-refractivity contribution in [3.05, 3.63) is 71.8 Å². The predicted molar refractivity (Wildman–Crippen MR) is 114 cm³/mol. The largest absolute Gasteiger partial charge is 0.379 e. The molecule has 0 fully saturated rings. The van der Waals surface area contributed by atoms with Gasteiger partial charge in [0.05, 0.1) is 13.1 Å². The number of benzene rings is 2. The fourth-order valence-corrected chi connectivity index (χ4v) is 3.33. The van der Waals surface area contributed by atoms with Crippen LogP contribution in [0.3, 0.4) is 0 Å². The van der Waals surface area contributed by atoms with Crippen LogP contribution < -0.4 is 4.90 Å². The summed E-state index contributed by atoms with van der Waals surface area (Å²) in [5, 5.41) is 11.5. The van der Waals surface area contributed by atoms with E-state index in [0.29, 0.717) is 6.42 Å². The molecule has 0 aromatic heterocycles. The van der Waals surface area contributed by atoms with Crippen LogP contribution >= 0.6 is 0 Å². The fourth-order valence-electron chi connectivity index (χ4n) is 3.33. The van der Waals surface area contributed by atoms with Crippen molar-refractivity contribution in [1.82, 2.24) is 0 Å². The maximum Gasteiger partial charge on any atom is 0.139 e. The second-order valence-corrected chi connectivity index (χ2v) is 7.26. The number of nitrogens with one attached hydrogen (secondary N) is 1. The predicted octanol–water partition coefficient (Wildman–Crippen LogP) is 3.80. The molecule has 2 heteroatoms. The van der Waals surface area contributed by atoms with E-state index in [1.54, 1.807) is 4.90 Å². The molecule has 0 bridgehead atoms. The summed E-state index contributed by atoms with van der Waals surface area (Å²) < 4.78 is 0. The molecular weight excluding hydrogens is 330 g/mol. The Kier molecular flexibility index (Phi) is 9.11. The first-order valence-corrected chi connectivity index (χ1v) is 10.3. The highest BCUT2D eigenvalue weighted by atomic mass is 16.3. The van der Waals surface area contributed by atoms with E-state index in [1.807, 2.05) is 60.7 Å². The van der Waals surface area contributed by atoms with Gasteiger partial charge >= 0.3 is 0 Å². The van der Waals surface area contributed by atoms with Gasteiger partial charge in [0.2, 0.25) is 0 Å². The quantitative estimate of drug-likeness (QED) is 0.616. The van der Waals surface area contributed by atoms with E-state index in [2.05, 4.69) is 25.7 Å². The van der Waals surface area contributed by atoms with Gasteiger partial charge in [-0.1, -0.05) is 93.3 Å². The standard InChI is InChI=1S/C25H33NO/c1-3-5-20-26(21-6-4-2)22-14-13-19-25(27,23-15-9-7-10-16-23)24-17-11-8-12-18-24/h7-12,15-18,27H,3-6,19-22H2,1-2H3/p+1. The number of quaternary nitrogens is 1.